The molecule has 0 spiro atoms. The summed E-state index contributed by atoms with van der Waals surface area (Å²) in [6, 6.07) is 5.45. The van der Waals surface area contributed by atoms with E-state index in [4.69, 9.17) is 0 Å². The molecule has 0 unspecified atom stereocenters. The van der Waals surface area contributed by atoms with E-state index in [1.165, 1.54) is 0 Å². The molecular weight excluding hydrogens is 306 g/mol. The minimum Gasteiger partial charge on any atom is -0.481 e. The molecule has 126 valence electrons. The first kappa shape index (κ1) is 16.2. The maximum Gasteiger partial charge on any atom is 0.309 e. The molecule has 24 heavy (non-hydrogen) atoms. The lowest BCUT2D eigenvalue weighted by molar-refractivity contribution is -0.142. The van der Waals surface area contributed by atoms with Crippen LogP contribution < -0.4 is 0 Å². The number of benzene rings is 1. The maximum absolute atomic E-state index is 12.5. The van der Waals surface area contributed by atoms with Gasteiger partial charge in [0, 0.05) is 31.8 Å². The van der Waals surface area contributed by atoms with Crippen molar-refractivity contribution in [1.29, 1.82) is 0 Å². The SMILES string of the molecule is Cc1ccc([C@@H]2[C@@H](C(=O)O)CC(=O)N2Cc2cnn(C)c2)cc1C. The van der Waals surface area contributed by atoms with Gasteiger partial charge in [0.05, 0.1) is 18.2 Å². The molecule has 0 saturated carbocycles. The number of hydrogen-bond acceptors (Lipinski definition) is 3. The van der Waals surface area contributed by atoms with E-state index in [1.54, 1.807) is 15.8 Å². The predicted molar refractivity (Wildman–Crippen MR) is 88.2 cm³/mol. The predicted octanol–water partition coefficient (Wildman–Crippen LogP) is 2.21. The lowest BCUT2D eigenvalue weighted by atomic mass is 9.91. The van der Waals surface area contributed by atoms with Crippen molar-refractivity contribution < 1.29 is 14.7 Å². The van der Waals surface area contributed by atoms with Crippen molar-refractivity contribution in [3.05, 3.63) is 52.8 Å². The van der Waals surface area contributed by atoms with E-state index in [0.717, 1.165) is 22.3 Å². The Kier molecular flexibility index (Phi) is 4.13. The summed E-state index contributed by atoms with van der Waals surface area (Å²) >= 11 is 0. The number of carboxylic acids is 1. The molecule has 1 aliphatic heterocycles. The van der Waals surface area contributed by atoms with Gasteiger partial charge in [-0.3, -0.25) is 14.3 Å². The summed E-state index contributed by atoms with van der Waals surface area (Å²) in [5, 5.41) is 13.7. The van der Waals surface area contributed by atoms with Crippen LogP contribution >= 0.6 is 0 Å². The summed E-state index contributed by atoms with van der Waals surface area (Å²) in [5.74, 6) is -1.79. The molecule has 2 atom stereocenters. The molecule has 1 aromatic heterocycles. The molecule has 2 heterocycles. The topological polar surface area (TPSA) is 75.4 Å². The Morgan fingerprint density at radius 1 is 1.33 bits per heavy atom. The van der Waals surface area contributed by atoms with Gasteiger partial charge >= 0.3 is 5.97 Å². The highest BCUT2D eigenvalue weighted by atomic mass is 16.4. The zero-order chi connectivity index (χ0) is 17.4. The van der Waals surface area contributed by atoms with E-state index in [9.17, 15) is 14.7 Å². The Morgan fingerprint density at radius 3 is 2.67 bits per heavy atom. The molecule has 0 bridgehead atoms. The zero-order valence-electron chi connectivity index (χ0n) is 14.1. The number of aliphatic carboxylic acids is 1. The normalized spacial score (nSPS) is 20.6. The Bertz CT molecular complexity index is 797. The molecule has 1 N–H and O–H groups in total. The zero-order valence-corrected chi connectivity index (χ0v) is 14.1. The van der Waals surface area contributed by atoms with Gasteiger partial charge < -0.3 is 10.0 Å². The summed E-state index contributed by atoms with van der Waals surface area (Å²) in [5.41, 5.74) is 4.01. The second-order valence-electron chi connectivity index (χ2n) is 6.48. The van der Waals surface area contributed by atoms with Gasteiger partial charge in [0.2, 0.25) is 5.91 Å². The van der Waals surface area contributed by atoms with Crippen LogP contribution in [-0.2, 0) is 23.2 Å². The molecule has 3 rings (SSSR count). The van der Waals surface area contributed by atoms with Crippen molar-refractivity contribution in [2.75, 3.05) is 0 Å². The van der Waals surface area contributed by atoms with Crippen LogP contribution in [0.25, 0.3) is 0 Å². The maximum atomic E-state index is 12.5. The van der Waals surface area contributed by atoms with Crippen molar-refractivity contribution in [2.45, 2.75) is 32.9 Å². The van der Waals surface area contributed by atoms with Crippen molar-refractivity contribution in [2.24, 2.45) is 13.0 Å². The van der Waals surface area contributed by atoms with Gasteiger partial charge in [0.15, 0.2) is 0 Å². The molecule has 1 saturated heterocycles. The van der Waals surface area contributed by atoms with Crippen molar-refractivity contribution >= 4 is 11.9 Å². The van der Waals surface area contributed by atoms with Crippen LogP contribution in [0, 0.1) is 19.8 Å². The Balaban J connectivity index is 1.99. The van der Waals surface area contributed by atoms with Crippen molar-refractivity contribution in [1.82, 2.24) is 14.7 Å². The molecule has 6 heteroatoms. The Labute approximate surface area is 140 Å². The number of aromatic nitrogens is 2. The third-order valence-electron chi connectivity index (χ3n) is 4.73. The molecular formula is C18H21N3O3. The first-order valence-electron chi connectivity index (χ1n) is 7.93. The van der Waals surface area contributed by atoms with E-state index >= 15 is 0 Å². The van der Waals surface area contributed by atoms with Crippen LogP contribution in [0.15, 0.2) is 30.6 Å². The minimum atomic E-state index is -0.930. The molecule has 1 aromatic carbocycles. The summed E-state index contributed by atoms with van der Waals surface area (Å²) in [6.07, 6.45) is 3.59. The van der Waals surface area contributed by atoms with Gasteiger partial charge in [-0.2, -0.15) is 5.10 Å². The molecule has 1 fully saturated rings. The smallest absolute Gasteiger partial charge is 0.309 e. The number of rotatable bonds is 4. The van der Waals surface area contributed by atoms with Crippen LogP contribution in [0.3, 0.4) is 0 Å². The van der Waals surface area contributed by atoms with Gasteiger partial charge in [-0.1, -0.05) is 18.2 Å². The Hall–Kier alpha value is -2.63. The molecule has 1 amide bonds. The third-order valence-corrected chi connectivity index (χ3v) is 4.73. The first-order chi connectivity index (χ1) is 11.4. The fourth-order valence-corrected chi connectivity index (χ4v) is 3.31. The molecule has 6 nitrogen and oxygen atoms in total. The highest BCUT2D eigenvalue weighted by Gasteiger charge is 2.44. The van der Waals surface area contributed by atoms with Crippen molar-refractivity contribution in [3.63, 3.8) is 0 Å². The monoisotopic (exact) mass is 327 g/mol. The molecule has 0 radical (unpaired) electrons. The minimum absolute atomic E-state index is 0.0349. The number of aryl methyl sites for hydroxylation is 3. The molecule has 2 aromatic rings. The summed E-state index contributed by atoms with van der Waals surface area (Å²) < 4.78 is 1.68. The fourth-order valence-electron chi connectivity index (χ4n) is 3.31. The first-order valence-corrected chi connectivity index (χ1v) is 7.93. The second-order valence-corrected chi connectivity index (χ2v) is 6.48. The number of carboxylic acid groups (broad SMARTS) is 1. The fraction of sp³-hybridized carbons (Fsp3) is 0.389. The number of likely N-dealkylation sites (tertiary alicyclic amines) is 1. The summed E-state index contributed by atoms with van der Waals surface area (Å²) in [6.45, 7) is 4.38. The number of carbonyl (C=O) groups is 2. The summed E-state index contributed by atoms with van der Waals surface area (Å²) in [7, 11) is 1.82. The number of nitrogens with zero attached hydrogens (tertiary/aromatic N) is 3. The van der Waals surface area contributed by atoms with Gasteiger partial charge in [0.25, 0.3) is 0 Å². The van der Waals surface area contributed by atoms with Crippen molar-refractivity contribution in [3.8, 4) is 0 Å². The number of amides is 1. The van der Waals surface area contributed by atoms with Crippen LogP contribution in [0.2, 0.25) is 0 Å². The van der Waals surface area contributed by atoms with E-state index in [2.05, 4.69) is 5.10 Å². The van der Waals surface area contributed by atoms with Crippen LogP contribution in [0.5, 0.6) is 0 Å². The van der Waals surface area contributed by atoms with Gasteiger partial charge in [-0.15, -0.1) is 0 Å². The average Bonchev–Trinajstić information content (AvgIpc) is 3.07. The van der Waals surface area contributed by atoms with Crippen LogP contribution in [0.1, 0.15) is 34.7 Å². The van der Waals surface area contributed by atoms with Crippen LogP contribution in [0.4, 0.5) is 0 Å². The standard InChI is InChI=1S/C18H21N3O3/c1-11-4-5-14(6-12(11)2)17-15(18(23)24)7-16(22)21(17)10-13-8-19-20(3)9-13/h4-6,8-9,15,17H,7,10H2,1-3H3,(H,23,24)/t15-,17+/m0/s1. The van der Waals surface area contributed by atoms with Crippen LogP contribution in [-0.4, -0.2) is 31.7 Å². The summed E-state index contributed by atoms with van der Waals surface area (Å²) in [4.78, 5) is 25.8. The van der Waals surface area contributed by atoms with Gasteiger partial charge in [0.1, 0.15) is 0 Å². The van der Waals surface area contributed by atoms with E-state index in [0.29, 0.717) is 6.54 Å². The van der Waals surface area contributed by atoms with E-state index < -0.39 is 17.9 Å². The van der Waals surface area contributed by atoms with E-state index in [1.807, 2.05) is 45.3 Å². The lowest BCUT2D eigenvalue weighted by Gasteiger charge is -2.27. The molecule has 1 aliphatic rings. The highest BCUT2D eigenvalue weighted by Crippen LogP contribution is 2.39. The van der Waals surface area contributed by atoms with E-state index in [-0.39, 0.29) is 12.3 Å². The van der Waals surface area contributed by atoms with Gasteiger partial charge in [-0.25, -0.2) is 0 Å². The average molecular weight is 327 g/mol. The lowest BCUT2D eigenvalue weighted by Crippen LogP contribution is -2.30. The third kappa shape index (κ3) is 2.91. The number of carbonyl (C=O) groups excluding carboxylic acids is 1. The number of hydrogen-bond donors (Lipinski definition) is 1. The largest absolute Gasteiger partial charge is 0.481 e. The quantitative estimate of drug-likeness (QED) is 0.934. The second kappa shape index (κ2) is 6.11. The Morgan fingerprint density at radius 2 is 2.08 bits per heavy atom. The molecule has 0 aliphatic carbocycles. The van der Waals surface area contributed by atoms with Gasteiger partial charge in [-0.05, 0) is 30.5 Å². The highest BCUT2D eigenvalue weighted by molar-refractivity contribution is 5.87.